The fourth-order valence-corrected chi connectivity index (χ4v) is 3.58. The molecule has 8 nitrogen and oxygen atoms in total. The summed E-state index contributed by atoms with van der Waals surface area (Å²) in [5, 5.41) is 16.8. The van der Waals surface area contributed by atoms with Gasteiger partial charge in [0.25, 0.3) is 0 Å². The smallest absolute Gasteiger partial charge is 0.331 e. The molecule has 0 amide bonds. The minimum Gasteiger partial charge on any atom is -0.513 e. The molecule has 0 saturated heterocycles. The van der Waals surface area contributed by atoms with Crippen LogP contribution in [0.3, 0.4) is 0 Å². The molecule has 2 N–H and O–H groups in total. The second-order valence-corrected chi connectivity index (χ2v) is 9.71. The van der Waals surface area contributed by atoms with Gasteiger partial charge >= 0.3 is 5.97 Å². The van der Waals surface area contributed by atoms with Crippen LogP contribution in [0.5, 0.6) is 0 Å². The number of allylic oxidation sites excluding steroid dienone is 2. The highest BCUT2D eigenvalue weighted by Gasteiger charge is 2.17. The third kappa shape index (κ3) is 15.5. The Morgan fingerprint density at radius 1 is 0.977 bits per heavy atom. The second kappa shape index (κ2) is 24.4. The molecule has 3 rings (SSSR count). The van der Waals surface area contributed by atoms with Gasteiger partial charge in [0.1, 0.15) is 12.4 Å². The molecule has 242 valence electrons. The molecule has 1 aromatic heterocycles. The Labute approximate surface area is 265 Å². The molecule has 8 heteroatoms. The molecule has 44 heavy (non-hydrogen) atoms. The van der Waals surface area contributed by atoms with Gasteiger partial charge in [0, 0.05) is 30.3 Å². The number of benzene rings is 2. The van der Waals surface area contributed by atoms with E-state index in [1.54, 1.807) is 19.9 Å². The summed E-state index contributed by atoms with van der Waals surface area (Å²) < 4.78 is 9.94. The summed E-state index contributed by atoms with van der Waals surface area (Å²) in [4.78, 5) is 23.3. The molecule has 2 aromatic carbocycles. The van der Waals surface area contributed by atoms with Gasteiger partial charge in [-0.2, -0.15) is 0 Å². The number of aliphatic hydroxyl groups excluding tert-OH is 2. The Balaban J connectivity index is 0.00000132. The number of carbonyl (C=O) groups excluding carboxylic acids is 1. The van der Waals surface area contributed by atoms with Crippen LogP contribution < -0.4 is 4.90 Å². The molecule has 1 heterocycles. The maximum Gasteiger partial charge on any atom is 0.331 e. The highest BCUT2D eigenvalue weighted by atomic mass is 16.6. The Morgan fingerprint density at radius 3 is 1.93 bits per heavy atom. The van der Waals surface area contributed by atoms with E-state index in [0.717, 1.165) is 47.7 Å². The topological polar surface area (TPSA) is 105 Å². The van der Waals surface area contributed by atoms with Gasteiger partial charge < -0.3 is 24.6 Å². The summed E-state index contributed by atoms with van der Waals surface area (Å²) in [6.07, 6.45) is 5.38. The summed E-state index contributed by atoms with van der Waals surface area (Å²) in [6, 6.07) is 20.6. The molecule has 3 aromatic rings. The minimum absolute atomic E-state index is 0.00272. The monoisotopic (exact) mass is 607 g/mol. The van der Waals surface area contributed by atoms with Gasteiger partial charge in [-0.15, -0.1) is 6.58 Å². The number of ether oxygens (including phenoxy) is 2. The number of hydrogen-bond donors (Lipinski definition) is 2. The molecule has 0 unspecified atom stereocenters. The predicted octanol–water partition coefficient (Wildman–Crippen LogP) is 8.04. The zero-order valence-electron chi connectivity index (χ0n) is 27.9. The Bertz CT molecular complexity index is 1210. The lowest BCUT2D eigenvalue weighted by molar-refractivity contribution is -0.145. The van der Waals surface area contributed by atoms with Crippen molar-refractivity contribution in [2.24, 2.45) is 0 Å². The fourth-order valence-electron chi connectivity index (χ4n) is 3.58. The average Bonchev–Trinajstić information content (AvgIpc) is 3.05. The van der Waals surface area contributed by atoms with Crippen molar-refractivity contribution in [2.45, 2.75) is 67.3 Å². The fraction of sp³-hybridized carbons (Fsp3) is 0.417. The number of hydrogen-bond acceptors (Lipinski definition) is 8. The number of unbranched alkanes of at least 4 members (excludes halogenated alkanes) is 1. The standard InChI is InChI=1S/C26H31N3O3.C5H10O2.C3H6.C2H6/c1-20(2)29(16-10-11-17-32-19-24(30)31-3)23-18-27-25(21-12-6-4-7-13-21)26(28-23)22-14-8-5-9-15-22;1-4(3-6)5(2)7;1-3-2;1-2/h4-9,12-15,18,20H,10-11,16-17,19H2,1-3H3;6-7H,3H2,1-2H3;3H,1H2,2H3;1-2H3/b;5-4+;;. The van der Waals surface area contributed by atoms with Crippen LogP contribution >= 0.6 is 0 Å². The summed E-state index contributed by atoms with van der Waals surface area (Å²) >= 11 is 0. The number of nitrogens with zero attached hydrogens (tertiary/aromatic N) is 3. The number of methoxy groups -OCH3 is 1. The lowest BCUT2D eigenvalue weighted by Gasteiger charge is -2.28. The molecule has 0 aliphatic carbocycles. The van der Waals surface area contributed by atoms with E-state index in [-0.39, 0.29) is 31.0 Å². The van der Waals surface area contributed by atoms with Gasteiger partial charge in [-0.1, -0.05) is 80.6 Å². The molecule has 0 aliphatic rings. The van der Waals surface area contributed by atoms with Gasteiger partial charge in [0.05, 0.1) is 37.1 Å². The first-order chi connectivity index (χ1) is 21.2. The molecule has 0 fully saturated rings. The number of anilines is 1. The van der Waals surface area contributed by atoms with Gasteiger partial charge in [0.2, 0.25) is 0 Å². The first-order valence-corrected chi connectivity index (χ1v) is 15.1. The summed E-state index contributed by atoms with van der Waals surface area (Å²) in [5.74, 6) is 0.715. The van der Waals surface area contributed by atoms with Gasteiger partial charge in [-0.25, -0.2) is 9.78 Å². The van der Waals surface area contributed by atoms with Crippen molar-refractivity contribution in [1.82, 2.24) is 9.97 Å². The van der Waals surface area contributed by atoms with Gasteiger partial charge in [-0.05, 0) is 53.0 Å². The van der Waals surface area contributed by atoms with Crippen molar-refractivity contribution in [2.75, 3.05) is 38.4 Å². The van der Waals surface area contributed by atoms with E-state index in [4.69, 9.17) is 24.9 Å². The minimum atomic E-state index is -0.351. The summed E-state index contributed by atoms with van der Waals surface area (Å²) in [5.41, 5.74) is 4.46. The zero-order chi connectivity index (χ0) is 33.3. The molecule has 0 bridgehead atoms. The normalized spacial score (nSPS) is 10.5. The van der Waals surface area contributed by atoms with E-state index in [1.165, 1.54) is 7.11 Å². The summed E-state index contributed by atoms with van der Waals surface area (Å²) in [7, 11) is 1.36. The number of aliphatic hydroxyl groups is 2. The van der Waals surface area contributed by atoms with E-state index in [9.17, 15) is 4.79 Å². The van der Waals surface area contributed by atoms with Crippen LogP contribution in [0.15, 0.2) is 90.8 Å². The number of carbonyl (C=O) groups is 1. The number of rotatable bonds is 12. The van der Waals surface area contributed by atoms with Crippen LogP contribution in [-0.2, 0) is 14.3 Å². The van der Waals surface area contributed by atoms with E-state index in [0.29, 0.717) is 12.2 Å². The molecular weight excluding hydrogens is 554 g/mol. The summed E-state index contributed by atoms with van der Waals surface area (Å²) in [6.45, 7) is 18.1. The maximum atomic E-state index is 11.1. The number of esters is 1. The SMILES string of the molecule is C/C(O)=C(/C)CO.C=CC.CC.COC(=O)COCCCCN(c1cnc(-c2ccccc2)c(-c2ccccc2)n1)C(C)C. The number of aromatic nitrogens is 2. The maximum absolute atomic E-state index is 11.1. The lowest BCUT2D eigenvalue weighted by Crippen LogP contribution is -2.33. The first-order valence-electron chi connectivity index (χ1n) is 15.1. The van der Waals surface area contributed by atoms with Crippen LogP contribution in [0.2, 0.25) is 0 Å². The average molecular weight is 608 g/mol. The van der Waals surface area contributed by atoms with Crippen LogP contribution in [-0.4, -0.2) is 65.7 Å². The van der Waals surface area contributed by atoms with Crippen LogP contribution in [0.4, 0.5) is 5.82 Å². The molecule has 0 aliphatic heterocycles. The first kappa shape index (κ1) is 40.0. The van der Waals surface area contributed by atoms with Crippen molar-refractivity contribution in [3.05, 3.63) is 90.8 Å². The van der Waals surface area contributed by atoms with Crippen molar-refractivity contribution in [3.8, 4) is 22.5 Å². The van der Waals surface area contributed by atoms with Crippen LogP contribution in [0.25, 0.3) is 22.5 Å². The molecule has 0 saturated carbocycles. The Hall–Kier alpha value is -4.01. The highest BCUT2D eigenvalue weighted by Crippen LogP contribution is 2.31. The lowest BCUT2D eigenvalue weighted by atomic mass is 10.0. The largest absolute Gasteiger partial charge is 0.513 e. The van der Waals surface area contributed by atoms with E-state index in [2.05, 4.69) is 54.3 Å². The Morgan fingerprint density at radius 2 is 1.50 bits per heavy atom. The van der Waals surface area contributed by atoms with Crippen molar-refractivity contribution >= 4 is 11.8 Å². The third-order valence-electron chi connectivity index (χ3n) is 6.01. The predicted molar refractivity (Wildman–Crippen MR) is 183 cm³/mol. The molecular formula is C36H53N3O5. The van der Waals surface area contributed by atoms with E-state index >= 15 is 0 Å². The Kier molecular flexibility index (Phi) is 22.2. The van der Waals surface area contributed by atoms with Crippen molar-refractivity contribution in [1.29, 1.82) is 0 Å². The molecule has 0 atom stereocenters. The van der Waals surface area contributed by atoms with E-state index < -0.39 is 0 Å². The van der Waals surface area contributed by atoms with Gasteiger partial charge in [-0.3, -0.25) is 4.98 Å². The zero-order valence-corrected chi connectivity index (χ0v) is 27.9. The third-order valence-corrected chi connectivity index (χ3v) is 6.01. The molecule has 0 spiro atoms. The van der Waals surface area contributed by atoms with Crippen molar-refractivity contribution < 1.29 is 24.5 Å². The van der Waals surface area contributed by atoms with Crippen LogP contribution in [0, 0.1) is 0 Å². The van der Waals surface area contributed by atoms with Gasteiger partial charge in [0.15, 0.2) is 0 Å². The van der Waals surface area contributed by atoms with Crippen LogP contribution in [0.1, 0.15) is 61.3 Å². The quantitative estimate of drug-likeness (QED) is 0.0922. The van der Waals surface area contributed by atoms with Crippen molar-refractivity contribution in [3.63, 3.8) is 0 Å². The second-order valence-electron chi connectivity index (χ2n) is 9.71. The molecule has 0 radical (unpaired) electrons. The van der Waals surface area contributed by atoms with E-state index in [1.807, 2.05) is 63.4 Å². The highest BCUT2D eigenvalue weighted by molar-refractivity contribution is 5.78.